The summed E-state index contributed by atoms with van der Waals surface area (Å²) < 4.78 is 2.53. The first-order chi connectivity index (χ1) is 19.3. The molecular formula is C37H64N2. The van der Waals surface area contributed by atoms with Gasteiger partial charge in [0.2, 0.25) is 0 Å². The fraction of sp³-hybridized carbons (Fsp3) is 0.757. The van der Waals surface area contributed by atoms with Gasteiger partial charge < -0.3 is 4.57 Å². The summed E-state index contributed by atoms with van der Waals surface area (Å²) in [7, 11) is 0. The van der Waals surface area contributed by atoms with Crippen molar-refractivity contribution in [3.05, 3.63) is 53.6 Å². The molecule has 2 rings (SSSR count). The SMILES string of the molecule is CCCCCCCCCCCCCCn1cc(CCCc2ccccc2)nc1CCCCCCCCCCC. The maximum absolute atomic E-state index is 5.15. The summed E-state index contributed by atoms with van der Waals surface area (Å²) >= 11 is 0. The lowest BCUT2D eigenvalue weighted by Gasteiger charge is -2.08. The molecule has 0 aliphatic heterocycles. The maximum atomic E-state index is 5.15. The average molecular weight is 537 g/mol. The molecule has 39 heavy (non-hydrogen) atoms. The third-order valence-corrected chi connectivity index (χ3v) is 8.41. The monoisotopic (exact) mass is 537 g/mol. The largest absolute Gasteiger partial charge is 0.335 e. The summed E-state index contributed by atoms with van der Waals surface area (Å²) in [5.41, 5.74) is 2.76. The molecule has 2 aromatic rings. The number of nitrogens with zero attached hydrogens (tertiary/aromatic N) is 2. The molecule has 2 heteroatoms. The van der Waals surface area contributed by atoms with Crippen LogP contribution in [0.25, 0.3) is 0 Å². The van der Waals surface area contributed by atoms with Gasteiger partial charge in [0, 0.05) is 19.2 Å². The topological polar surface area (TPSA) is 17.8 Å². The lowest BCUT2D eigenvalue weighted by Crippen LogP contribution is -2.03. The van der Waals surface area contributed by atoms with Crippen LogP contribution in [0.15, 0.2) is 36.5 Å². The Balaban J connectivity index is 1.66. The Labute approximate surface area is 243 Å². The molecule has 0 aliphatic rings. The fourth-order valence-electron chi connectivity index (χ4n) is 5.86. The van der Waals surface area contributed by atoms with Crippen LogP contribution in [0.1, 0.15) is 172 Å². The van der Waals surface area contributed by atoms with Gasteiger partial charge in [-0.15, -0.1) is 0 Å². The van der Waals surface area contributed by atoms with E-state index in [4.69, 9.17) is 4.98 Å². The highest BCUT2D eigenvalue weighted by Crippen LogP contribution is 2.16. The zero-order chi connectivity index (χ0) is 27.6. The van der Waals surface area contributed by atoms with Gasteiger partial charge in [-0.1, -0.05) is 166 Å². The van der Waals surface area contributed by atoms with Crippen molar-refractivity contribution in [2.24, 2.45) is 0 Å². The summed E-state index contributed by atoms with van der Waals surface area (Å²) in [4.78, 5) is 5.15. The van der Waals surface area contributed by atoms with E-state index in [0.717, 1.165) is 25.8 Å². The Hall–Kier alpha value is -1.57. The van der Waals surface area contributed by atoms with Crippen LogP contribution in [0.2, 0.25) is 0 Å². The van der Waals surface area contributed by atoms with E-state index in [-0.39, 0.29) is 0 Å². The van der Waals surface area contributed by atoms with E-state index in [1.54, 1.807) is 0 Å². The average Bonchev–Trinajstić information content (AvgIpc) is 3.34. The summed E-state index contributed by atoms with van der Waals surface area (Å²) in [5.74, 6) is 1.36. The van der Waals surface area contributed by atoms with Crippen LogP contribution in [0, 0.1) is 0 Å². The molecule has 1 heterocycles. The highest BCUT2D eigenvalue weighted by molar-refractivity contribution is 5.15. The Morgan fingerprint density at radius 1 is 0.487 bits per heavy atom. The molecular weight excluding hydrogens is 472 g/mol. The third-order valence-electron chi connectivity index (χ3n) is 8.41. The van der Waals surface area contributed by atoms with Crippen LogP contribution >= 0.6 is 0 Å². The van der Waals surface area contributed by atoms with Gasteiger partial charge in [0.05, 0.1) is 5.69 Å². The molecule has 0 N–H and O–H groups in total. The van der Waals surface area contributed by atoms with E-state index < -0.39 is 0 Å². The lowest BCUT2D eigenvalue weighted by atomic mass is 10.1. The van der Waals surface area contributed by atoms with Gasteiger partial charge in [-0.3, -0.25) is 0 Å². The number of imidazole rings is 1. The van der Waals surface area contributed by atoms with Gasteiger partial charge in [0.25, 0.3) is 0 Å². The molecule has 0 bridgehead atoms. The molecule has 1 aromatic carbocycles. The standard InChI is InChI=1S/C37H64N2/c1-3-5-7-9-11-13-14-15-17-19-21-26-33-39-34-36(31-27-30-35-28-23-22-24-29-35)38-37(39)32-25-20-18-16-12-10-8-6-4-2/h22-24,28-29,34H,3-21,25-27,30-33H2,1-2H3. The molecule has 0 unspecified atom stereocenters. The van der Waals surface area contributed by atoms with Crippen LogP contribution in [0.5, 0.6) is 0 Å². The molecule has 0 amide bonds. The van der Waals surface area contributed by atoms with Gasteiger partial charge in [-0.2, -0.15) is 0 Å². The summed E-state index contributed by atoms with van der Waals surface area (Å²) in [6.07, 6.45) is 36.5. The molecule has 0 radical (unpaired) electrons. The van der Waals surface area contributed by atoms with Gasteiger partial charge in [0.1, 0.15) is 5.82 Å². The van der Waals surface area contributed by atoms with Crippen LogP contribution in [0.3, 0.4) is 0 Å². The molecule has 222 valence electrons. The first-order valence-electron chi connectivity index (χ1n) is 17.4. The van der Waals surface area contributed by atoms with Crippen molar-refractivity contribution in [2.45, 2.75) is 181 Å². The summed E-state index contributed by atoms with van der Waals surface area (Å²) in [5, 5.41) is 0. The molecule has 0 aliphatic carbocycles. The second kappa shape index (κ2) is 24.2. The molecule has 0 atom stereocenters. The highest BCUT2D eigenvalue weighted by Gasteiger charge is 2.08. The first kappa shape index (κ1) is 33.6. The van der Waals surface area contributed by atoms with Gasteiger partial charge in [-0.25, -0.2) is 4.98 Å². The van der Waals surface area contributed by atoms with Gasteiger partial charge in [0.15, 0.2) is 0 Å². The molecule has 0 spiro atoms. The van der Waals surface area contributed by atoms with E-state index >= 15 is 0 Å². The van der Waals surface area contributed by atoms with E-state index in [2.05, 4.69) is 54.9 Å². The number of aryl methyl sites for hydroxylation is 4. The fourth-order valence-corrected chi connectivity index (χ4v) is 5.86. The zero-order valence-electron chi connectivity index (χ0n) is 26.2. The minimum absolute atomic E-state index is 1.10. The van der Waals surface area contributed by atoms with Crippen LogP contribution in [0.4, 0.5) is 0 Å². The normalized spacial score (nSPS) is 11.4. The second-order valence-electron chi connectivity index (χ2n) is 12.1. The lowest BCUT2D eigenvalue weighted by molar-refractivity contribution is 0.518. The van der Waals surface area contributed by atoms with Crippen molar-refractivity contribution >= 4 is 0 Å². The van der Waals surface area contributed by atoms with Gasteiger partial charge in [-0.05, 0) is 37.7 Å². The predicted molar refractivity (Wildman–Crippen MR) is 173 cm³/mol. The van der Waals surface area contributed by atoms with Crippen molar-refractivity contribution in [1.29, 1.82) is 0 Å². The summed E-state index contributed by atoms with van der Waals surface area (Å²) in [6, 6.07) is 10.9. The quantitative estimate of drug-likeness (QED) is 0.104. The van der Waals surface area contributed by atoms with Crippen LogP contribution in [-0.4, -0.2) is 9.55 Å². The van der Waals surface area contributed by atoms with Crippen molar-refractivity contribution < 1.29 is 0 Å². The van der Waals surface area contributed by atoms with Crippen molar-refractivity contribution in [1.82, 2.24) is 9.55 Å². The van der Waals surface area contributed by atoms with E-state index in [9.17, 15) is 0 Å². The number of aromatic nitrogens is 2. The molecule has 0 fully saturated rings. The van der Waals surface area contributed by atoms with E-state index in [1.807, 2.05) is 0 Å². The molecule has 0 saturated carbocycles. The van der Waals surface area contributed by atoms with Gasteiger partial charge >= 0.3 is 0 Å². The molecule has 1 aromatic heterocycles. The Kier molecular flexibility index (Phi) is 20.9. The van der Waals surface area contributed by atoms with Crippen molar-refractivity contribution in [2.75, 3.05) is 0 Å². The predicted octanol–water partition coefficient (Wildman–Crippen LogP) is 11.8. The van der Waals surface area contributed by atoms with E-state index in [1.165, 1.54) is 158 Å². The molecule has 2 nitrogen and oxygen atoms in total. The first-order valence-corrected chi connectivity index (χ1v) is 17.4. The number of benzene rings is 1. The van der Waals surface area contributed by atoms with Crippen LogP contribution in [-0.2, 0) is 25.8 Å². The molecule has 0 saturated heterocycles. The zero-order valence-corrected chi connectivity index (χ0v) is 26.2. The smallest absolute Gasteiger partial charge is 0.108 e. The van der Waals surface area contributed by atoms with Crippen molar-refractivity contribution in [3.63, 3.8) is 0 Å². The highest BCUT2D eigenvalue weighted by atomic mass is 15.1. The number of rotatable bonds is 27. The third kappa shape index (κ3) is 17.7. The van der Waals surface area contributed by atoms with Crippen LogP contribution < -0.4 is 0 Å². The summed E-state index contributed by atoms with van der Waals surface area (Å²) in [6.45, 7) is 5.77. The van der Waals surface area contributed by atoms with Crippen molar-refractivity contribution in [3.8, 4) is 0 Å². The number of hydrogen-bond acceptors (Lipinski definition) is 1. The second-order valence-corrected chi connectivity index (χ2v) is 12.1. The van der Waals surface area contributed by atoms with E-state index in [0.29, 0.717) is 0 Å². The minimum atomic E-state index is 1.10. The Morgan fingerprint density at radius 3 is 1.51 bits per heavy atom. The minimum Gasteiger partial charge on any atom is -0.335 e. The number of hydrogen-bond donors (Lipinski definition) is 0. The Bertz CT molecular complexity index is 778. The maximum Gasteiger partial charge on any atom is 0.108 e. The number of unbranched alkanes of at least 4 members (excludes halogenated alkanes) is 19. The Morgan fingerprint density at radius 2 is 0.974 bits per heavy atom.